The van der Waals surface area contributed by atoms with Gasteiger partial charge >= 0.3 is 0 Å². The molecule has 3 aromatic carbocycles. The molecule has 0 atom stereocenters. The highest BCUT2D eigenvalue weighted by molar-refractivity contribution is 6.07. The topological polar surface area (TPSA) is 126 Å². The second kappa shape index (κ2) is 14.1. The van der Waals surface area contributed by atoms with Crippen molar-refractivity contribution >= 4 is 29.0 Å². The fourth-order valence-electron chi connectivity index (χ4n) is 4.54. The van der Waals surface area contributed by atoms with Crippen molar-refractivity contribution < 1.29 is 23.8 Å². The molecule has 2 amide bonds. The molecule has 11 heteroatoms. The molecule has 1 aromatic heterocycles. The number of benzene rings is 3. The van der Waals surface area contributed by atoms with E-state index in [4.69, 9.17) is 9.84 Å². The van der Waals surface area contributed by atoms with Crippen LogP contribution >= 0.6 is 0 Å². The van der Waals surface area contributed by atoms with E-state index in [1.807, 2.05) is 20.8 Å². The summed E-state index contributed by atoms with van der Waals surface area (Å²) in [7, 11) is 1.54. The molecule has 10 nitrogen and oxygen atoms in total. The molecule has 44 heavy (non-hydrogen) atoms. The number of nitrogens with one attached hydrogen (secondary N) is 2. The summed E-state index contributed by atoms with van der Waals surface area (Å²) in [6.07, 6.45) is 1.44. The Kier molecular flexibility index (Phi) is 10.2. The minimum atomic E-state index is -0.757. The number of carbonyl (C=O) groups excluding carboxylic acids is 2. The van der Waals surface area contributed by atoms with Gasteiger partial charge in [0, 0.05) is 47.7 Å². The van der Waals surface area contributed by atoms with Crippen molar-refractivity contribution in [3.63, 3.8) is 0 Å². The van der Waals surface area contributed by atoms with Crippen molar-refractivity contribution in [2.24, 2.45) is 7.05 Å². The number of amides is 2. The summed E-state index contributed by atoms with van der Waals surface area (Å²) in [6.45, 7) is 6.16. The Hall–Kier alpha value is -4.87. The van der Waals surface area contributed by atoms with Crippen molar-refractivity contribution in [3.05, 3.63) is 106 Å². The smallest absolute Gasteiger partial charge is 0.293 e. The highest BCUT2D eigenvalue weighted by Gasteiger charge is 2.32. The van der Waals surface area contributed by atoms with Gasteiger partial charge in [0.15, 0.2) is 11.6 Å². The molecule has 0 unspecified atom stereocenters. The maximum absolute atomic E-state index is 16.3. The maximum atomic E-state index is 16.3. The zero-order chi connectivity index (χ0) is 31.9. The van der Waals surface area contributed by atoms with E-state index in [0.29, 0.717) is 16.8 Å². The summed E-state index contributed by atoms with van der Waals surface area (Å²) < 4.78 is 22.7. The zero-order valence-electron chi connectivity index (χ0n) is 25.1. The average Bonchev–Trinajstić information content (AvgIpc) is 3.00. The van der Waals surface area contributed by atoms with E-state index < -0.39 is 16.9 Å². The van der Waals surface area contributed by atoms with E-state index in [1.165, 1.54) is 15.7 Å². The standard InChI is InChI=1S/C33H36FN5O5/c1-33(2,3)39(31(42)23-9-6-5-7-10-23)27-12-8-11-25(28(27)34)26-21-38(4)32(43)29(37-26)36-24-15-13-22(14-16-24)30(41)35-17-19-44-20-18-40/h5-16,21,40H,17-20H2,1-4H3,(H,35,41)(H,36,37). The van der Waals surface area contributed by atoms with E-state index in [2.05, 4.69) is 15.6 Å². The average molecular weight is 602 g/mol. The molecule has 4 aromatic rings. The van der Waals surface area contributed by atoms with Crippen LogP contribution in [0, 0.1) is 5.82 Å². The van der Waals surface area contributed by atoms with Crippen LogP contribution in [-0.2, 0) is 11.8 Å². The summed E-state index contributed by atoms with van der Waals surface area (Å²) in [6, 6.07) is 19.9. The molecule has 0 aliphatic carbocycles. The van der Waals surface area contributed by atoms with Crippen molar-refractivity contribution in [1.82, 2.24) is 14.9 Å². The molecule has 0 radical (unpaired) electrons. The highest BCUT2D eigenvalue weighted by atomic mass is 19.1. The van der Waals surface area contributed by atoms with Crippen LogP contribution in [0.2, 0.25) is 0 Å². The molecule has 0 spiro atoms. The van der Waals surface area contributed by atoms with Gasteiger partial charge in [-0.2, -0.15) is 0 Å². The van der Waals surface area contributed by atoms with Crippen LogP contribution in [0.4, 0.5) is 21.6 Å². The van der Waals surface area contributed by atoms with Crippen molar-refractivity contribution in [3.8, 4) is 11.3 Å². The van der Waals surface area contributed by atoms with E-state index >= 15 is 4.39 Å². The first-order chi connectivity index (χ1) is 21.0. The predicted molar refractivity (Wildman–Crippen MR) is 168 cm³/mol. The number of halogens is 1. The molecule has 0 bridgehead atoms. The maximum Gasteiger partial charge on any atom is 0.293 e. The Morgan fingerprint density at radius 2 is 1.68 bits per heavy atom. The van der Waals surface area contributed by atoms with Crippen LogP contribution in [0.25, 0.3) is 11.3 Å². The minimum Gasteiger partial charge on any atom is -0.394 e. The van der Waals surface area contributed by atoms with Crippen LogP contribution < -0.4 is 21.1 Å². The minimum absolute atomic E-state index is 0.0407. The van der Waals surface area contributed by atoms with Gasteiger partial charge < -0.3 is 29.9 Å². The number of aromatic nitrogens is 2. The Morgan fingerprint density at radius 1 is 0.977 bits per heavy atom. The van der Waals surface area contributed by atoms with Crippen LogP contribution in [0.5, 0.6) is 0 Å². The van der Waals surface area contributed by atoms with Gasteiger partial charge in [-0.25, -0.2) is 9.37 Å². The fourth-order valence-corrected chi connectivity index (χ4v) is 4.54. The Labute approximate surface area is 255 Å². The number of rotatable bonds is 11. The van der Waals surface area contributed by atoms with Crippen molar-refractivity contribution in [2.45, 2.75) is 26.3 Å². The largest absolute Gasteiger partial charge is 0.394 e. The lowest BCUT2D eigenvalue weighted by Gasteiger charge is -2.36. The Morgan fingerprint density at radius 3 is 2.34 bits per heavy atom. The second-order valence-electron chi connectivity index (χ2n) is 11.0. The SMILES string of the molecule is Cn1cc(-c2cccc(N(C(=O)c3ccccc3)C(C)(C)C)c2F)nc(Nc2ccc(C(=O)NCCOCCO)cc2)c1=O. The molecular formula is C33H36FN5O5. The van der Waals surface area contributed by atoms with Gasteiger partial charge in [0.2, 0.25) is 0 Å². The Bertz CT molecular complexity index is 1670. The summed E-state index contributed by atoms with van der Waals surface area (Å²) >= 11 is 0. The van der Waals surface area contributed by atoms with Gasteiger partial charge in [-0.05, 0) is 69.3 Å². The predicted octanol–water partition coefficient (Wildman–Crippen LogP) is 4.51. The second-order valence-corrected chi connectivity index (χ2v) is 11.0. The third-order valence-corrected chi connectivity index (χ3v) is 6.64. The van der Waals surface area contributed by atoms with Crippen LogP contribution in [0.1, 0.15) is 41.5 Å². The van der Waals surface area contributed by atoms with Gasteiger partial charge in [-0.1, -0.05) is 24.3 Å². The molecule has 4 rings (SSSR count). The summed E-state index contributed by atoms with van der Waals surface area (Å²) in [5, 5.41) is 14.4. The molecule has 0 fully saturated rings. The van der Waals surface area contributed by atoms with Crippen molar-refractivity contribution in [1.29, 1.82) is 0 Å². The van der Waals surface area contributed by atoms with Gasteiger partial charge in [0.05, 0.1) is 31.2 Å². The van der Waals surface area contributed by atoms with Crippen LogP contribution in [0.3, 0.4) is 0 Å². The first kappa shape index (κ1) is 32.1. The van der Waals surface area contributed by atoms with Crippen LogP contribution in [-0.4, -0.2) is 58.4 Å². The zero-order valence-corrected chi connectivity index (χ0v) is 25.1. The van der Waals surface area contributed by atoms with Gasteiger partial charge in [-0.15, -0.1) is 0 Å². The first-order valence-electron chi connectivity index (χ1n) is 14.1. The Balaban J connectivity index is 1.61. The molecule has 1 heterocycles. The number of aryl methyl sites for hydroxylation is 1. The number of ether oxygens (including phenoxy) is 1. The van der Waals surface area contributed by atoms with Gasteiger partial charge in [0.1, 0.15) is 0 Å². The number of anilines is 3. The lowest BCUT2D eigenvalue weighted by atomic mass is 10.0. The van der Waals surface area contributed by atoms with Crippen molar-refractivity contribution in [2.75, 3.05) is 36.6 Å². The molecule has 0 aliphatic heterocycles. The van der Waals surface area contributed by atoms with Crippen LogP contribution in [0.15, 0.2) is 83.8 Å². The number of hydrogen-bond acceptors (Lipinski definition) is 7. The quantitative estimate of drug-likeness (QED) is 0.216. The summed E-state index contributed by atoms with van der Waals surface area (Å²) in [5.41, 5.74) is 0.520. The van der Waals surface area contributed by atoms with E-state index in [1.54, 1.807) is 79.8 Å². The summed E-state index contributed by atoms with van der Waals surface area (Å²) in [5.74, 6) is -1.34. The highest BCUT2D eigenvalue weighted by Crippen LogP contribution is 2.34. The lowest BCUT2D eigenvalue weighted by molar-refractivity contribution is 0.0838. The van der Waals surface area contributed by atoms with E-state index in [-0.39, 0.29) is 60.9 Å². The number of hydrogen-bond donors (Lipinski definition) is 3. The fraction of sp³-hybridized carbons (Fsp3) is 0.273. The third kappa shape index (κ3) is 7.55. The van der Waals surface area contributed by atoms with Gasteiger partial charge in [-0.3, -0.25) is 14.4 Å². The van der Waals surface area contributed by atoms with E-state index in [9.17, 15) is 14.4 Å². The molecule has 230 valence electrons. The first-order valence-corrected chi connectivity index (χ1v) is 14.1. The lowest BCUT2D eigenvalue weighted by Crippen LogP contribution is -2.46. The normalized spacial score (nSPS) is 11.2. The monoisotopic (exact) mass is 601 g/mol. The number of aliphatic hydroxyl groups is 1. The molecular weight excluding hydrogens is 565 g/mol. The number of carbonyl (C=O) groups is 2. The molecule has 3 N–H and O–H groups in total. The number of nitrogens with zero attached hydrogens (tertiary/aromatic N) is 3. The molecule has 0 saturated heterocycles. The van der Waals surface area contributed by atoms with Gasteiger partial charge in [0.25, 0.3) is 17.4 Å². The third-order valence-electron chi connectivity index (χ3n) is 6.64. The summed E-state index contributed by atoms with van der Waals surface area (Å²) in [4.78, 5) is 44.8. The molecule has 0 saturated carbocycles. The van der Waals surface area contributed by atoms with E-state index in [0.717, 1.165) is 0 Å². The number of aliphatic hydroxyl groups excluding tert-OH is 1. The molecule has 0 aliphatic rings.